The van der Waals surface area contributed by atoms with E-state index in [1.807, 2.05) is 16.7 Å². The highest BCUT2D eigenvalue weighted by Gasteiger charge is 2.28. The normalized spacial score (nSPS) is 19.8. The van der Waals surface area contributed by atoms with E-state index in [4.69, 9.17) is 4.74 Å². The Morgan fingerprint density at radius 2 is 1.96 bits per heavy atom. The summed E-state index contributed by atoms with van der Waals surface area (Å²) in [5.41, 5.74) is 0.413. The quantitative estimate of drug-likeness (QED) is 0.729. The molecule has 25 heavy (non-hydrogen) atoms. The fraction of sp³-hybridized carbons (Fsp3) is 0.722. The molecule has 5 nitrogen and oxygen atoms in total. The van der Waals surface area contributed by atoms with Crippen LogP contribution in [-0.2, 0) is 9.53 Å². The third kappa shape index (κ3) is 4.97. The van der Waals surface area contributed by atoms with Gasteiger partial charge in [-0.2, -0.15) is 11.8 Å². The summed E-state index contributed by atoms with van der Waals surface area (Å²) >= 11 is 3.53. The average Bonchev–Trinajstić information content (AvgIpc) is 3.13. The molecule has 0 atom stereocenters. The summed E-state index contributed by atoms with van der Waals surface area (Å²) in [5.74, 6) is 3.31. The minimum atomic E-state index is -0.344. The second-order valence-electron chi connectivity index (χ2n) is 6.71. The van der Waals surface area contributed by atoms with Crippen molar-refractivity contribution in [3.63, 3.8) is 0 Å². The zero-order chi connectivity index (χ0) is 17.6. The van der Waals surface area contributed by atoms with Gasteiger partial charge >= 0.3 is 5.97 Å². The van der Waals surface area contributed by atoms with E-state index < -0.39 is 0 Å². The number of aromatic nitrogens is 1. The zero-order valence-corrected chi connectivity index (χ0v) is 16.4. The minimum absolute atomic E-state index is 0.321. The maximum atomic E-state index is 12.5. The van der Waals surface area contributed by atoms with Crippen LogP contribution >= 0.6 is 23.1 Å². The maximum Gasteiger partial charge on any atom is 0.357 e. The number of carbonyl (C=O) groups is 2. The number of ether oxygens (including phenoxy) is 1. The number of rotatable bonds is 5. The predicted molar refractivity (Wildman–Crippen MR) is 101 cm³/mol. The predicted octanol–water partition coefficient (Wildman–Crippen LogP) is 3.56. The van der Waals surface area contributed by atoms with Gasteiger partial charge in [-0.1, -0.05) is 0 Å². The van der Waals surface area contributed by atoms with E-state index in [9.17, 15) is 9.59 Å². The van der Waals surface area contributed by atoms with E-state index in [2.05, 4.69) is 4.98 Å². The molecule has 0 saturated carbocycles. The fourth-order valence-corrected chi connectivity index (χ4v) is 5.64. The standard InChI is InChI=1S/C18H26N2O3S2/c1-2-23-18(22)15-12-25-17(19-15)14-3-7-20(8-4-14)16(21)11-13-5-9-24-10-6-13/h12-14H,2-11H2,1H3. The van der Waals surface area contributed by atoms with Crippen molar-refractivity contribution in [1.29, 1.82) is 0 Å². The lowest BCUT2D eigenvalue weighted by Gasteiger charge is -2.32. The molecule has 1 aromatic heterocycles. The first-order valence-corrected chi connectivity index (χ1v) is 11.2. The van der Waals surface area contributed by atoms with Crippen LogP contribution in [0.3, 0.4) is 0 Å². The summed E-state index contributed by atoms with van der Waals surface area (Å²) in [4.78, 5) is 30.7. The molecule has 2 saturated heterocycles. The third-order valence-electron chi connectivity index (χ3n) is 5.01. The van der Waals surface area contributed by atoms with Gasteiger partial charge in [0, 0.05) is 30.8 Å². The molecule has 138 valence electrons. The number of esters is 1. The van der Waals surface area contributed by atoms with E-state index >= 15 is 0 Å². The number of thiazole rings is 1. The number of thioether (sulfide) groups is 1. The number of hydrogen-bond acceptors (Lipinski definition) is 6. The second-order valence-corrected chi connectivity index (χ2v) is 8.82. The van der Waals surface area contributed by atoms with Crippen LogP contribution in [0.5, 0.6) is 0 Å². The molecule has 2 aliphatic heterocycles. The van der Waals surface area contributed by atoms with Gasteiger partial charge in [0.15, 0.2) is 5.69 Å². The highest BCUT2D eigenvalue weighted by atomic mass is 32.2. The molecule has 0 aromatic carbocycles. The van der Waals surface area contributed by atoms with Gasteiger partial charge in [-0.25, -0.2) is 9.78 Å². The zero-order valence-electron chi connectivity index (χ0n) is 14.7. The van der Waals surface area contributed by atoms with Crippen LogP contribution in [0.4, 0.5) is 0 Å². The first kappa shape index (κ1) is 18.7. The Morgan fingerprint density at radius 3 is 2.64 bits per heavy atom. The highest BCUT2D eigenvalue weighted by Crippen LogP contribution is 2.32. The topological polar surface area (TPSA) is 59.5 Å². The molecule has 0 spiro atoms. The molecule has 0 unspecified atom stereocenters. The monoisotopic (exact) mass is 382 g/mol. The van der Waals surface area contributed by atoms with Crippen molar-refractivity contribution in [3.8, 4) is 0 Å². The van der Waals surface area contributed by atoms with Crippen LogP contribution in [0.1, 0.15) is 60.4 Å². The molecule has 0 radical (unpaired) electrons. The Kier molecular flexibility index (Phi) is 6.76. The number of likely N-dealkylation sites (tertiary alicyclic amines) is 1. The van der Waals surface area contributed by atoms with Gasteiger partial charge in [-0.3, -0.25) is 4.79 Å². The van der Waals surface area contributed by atoms with Gasteiger partial charge in [0.2, 0.25) is 5.91 Å². The van der Waals surface area contributed by atoms with E-state index in [0.717, 1.165) is 37.4 Å². The first-order valence-electron chi connectivity index (χ1n) is 9.15. The first-order chi connectivity index (χ1) is 12.2. The summed E-state index contributed by atoms with van der Waals surface area (Å²) in [6.45, 7) is 3.77. The van der Waals surface area contributed by atoms with Crippen LogP contribution in [0, 0.1) is 5.92 Å². The Morgan fingerprint density at radius 1 is 1.24 bits per heavy atom. The largest absolute Gasteiger partial charge is 0.461 e. The fourth-order valence-electron chi connectivity index (χ4n) is 3.48. The van der Waals surface area contributed by atoms with E-state index in [1.54, 1.807) is 12.3 Å². The van der Waals surface area contributed by atoms with Gasteiger partial charge in [0.25, 0.3) is 0 Å². The van der Waals surface area contributed by atoms with Crippen LogP contribution < -0.4 is 0 Å². The molecule has 0 N–H and O–H groups in total. The van der Waals surface area contributed by atoms with Crippen LogP contribution in [0.15, 0.2) is 5.38 Å². The van der Waals surface area contributed by atoms with Crippen molar-refractivity contribution in [1.82, 2.24) is 9.88 Å². The van der Waals surface area contributed by atoms with E-state index in [1.165, 1.54) is 35.7 Å². The van der Waals surface area contributed by atoms with Crippen molar-refractivity contribution in [2.24, 2.45) is 5.92 Å². The number of hydrogen-bond donors (Lipinski definition) is 0. The van der Waals surface area contributed by atoms with Crippen molar-refractivity contribution < 1.29 is 14.3 Å². The van der Waals surface area contributed by atoms with Gasteiger partial charge in [-0.05, 0) is 50.0 Å². The smallest absolute Gasteiger partial charge is 0.357 e. The van der Waals surface area contributed by atoms with E-state index in [0.29, 0.717) is 30.0 Å². The summed E-state index contributed by atoms with van der Waals surface area (Å²) < 4.78 is 5.00. The van der Waals surface area contributed by atoms with Gasteiger partial charge in [0.05, 0.1) is 11.6 Å². The summed E-state index contributed by atoms with van der Waals surface area (Å²) in [5, 5.41) is 2.78. The molecule has 2 fully saturated rings. The lowest BCUT2D eigenvalue weighted by molar-refractivity contribution is -0.133. The lowest BCUT2D eigenvalue weighted by Crippen LogP contribution is -2.39. The van der Waals surface area contributed by atoms with Crippen LogP contribution in [0.2, 0.25) is 0 Å². The Hall–Kier alpha value is -1.08. The van der Waals surface area contributed by atoms with Crippen LogP contribution in [-0.4, -0.2) is 53.0 Å². The molecule has 0 bridgehead atoms. The third-order valence-corrected chi connectivity index (χ3v) is 7.06. The Balaban J connectivity index is 1.48. The molecular formula is C18H26N2O3S2. The molecule has 3 heterocycles. The number of nitrogens with zero attached hydrogens (tertiary/aromatic N) is 2. The van der Waals surface area contributed by atoms with Gasteiger partial charge in [0.1, 0.15) is 0 Å². The molecule has 7 heteroatoms. The summed E-state index contributed by atoms with van der Waals surface area (Å²) in [6.07, 6.45) is 4.95. The van der Waals surface area contributed by atoms with Crippen LogP contribution in [0.25, 0.3) is 0 Å². The number of amides is 1. The number of piperidine rings is 1. The molecular weight excluding hydrogens is 356 g/mol. The van der Waals surface area contributed by atoms with Crippen molar-refractivity contribution in [2.75, 3.05) is 31.2 Å². The van der Waals surface area contributed by atoms with Gasteiger partial charge < -0.3 is 9.64 Å². The summed E-state index contributed by atoms with van der Waals surface area (Å²) in [7, 11) is 0. The molecule has 0 aliphatic carbocycles. The van der Waals surface area contributed by atoms with Crippen molar-refractivity contribution in [3.05, 3.63) is 16.1 Å². The molecule has 2 aliphatic rings. The van der Waals surface area contributed by atoms with Crippen molar-refractivity contribution >= 4 is 35.0 Å². The van der Waals surface area contributed by atoms with Gasteiger partial charge in [-0.15, -0.1) is 11.3 Å². The Bertz CT molecular complexity index is 591. The Labute approximate surface area is 157 Å². The van der Waals surface area contributed by atoms with E-state index in [-0.39, 0.29) is 5.97 Å². The lowest BCUT2D eigenvalue weighted by atomic mass is 9.95. The highest BCUT2D eigenvalue weighted by molar-refractivity contribution is 7.99. The molecule has 3 rings (SSSR count). The average molecular weight is 383 g/mol. The number of carbonyl (C=O) groups excluding carboxylic acids is 2. The molecule has 1 aromatic rings. The SMILES string of the molecule is CCOC(=O)c1csc(C2CCN(C(=O)CC3CCSCC3)CC2)n1. The molecule has 1 amide bonds. The summed E-state index contributed by atoms with van der Waals surface area (Å²) in [6, 6.07) is 0. The maximum absolute atomic E-state index is 12.5. The second kappa shape index (κ2) is 9.03. The van der Waals surface area contributed by atoms with Crippen molar-refractivity contribution in [2.45, 2.75) is 44.9 Å². The minimum Gasteiger partial charge on any atom is -0.461 e.